The number of carbonyl (C=O) groups is 2. The van der Waals surface area contributed by atoms with Crippen molar-refractivity contribution < 1.29 is 14.7 Å². The molecule has 0 spiro atoms. The van der Waals surface area contributed by atoms with Crippen LogP contribution in [0.15, 0.2) is 30.3 Å². The number of nitrogen functional groups attached to an aromatic ring is 2. The van der Waals surface area contributed by atoms with Crippen LogP contribution in [0.25, 0.3) is 0 Å². The second-order valence-corrected chi connectivity index (χ2v) is 5.03. The van der Waals surface area contributed by atoms with Gasteiger partial charge in [0.15, 0.2) is 11.6 Å². The number of nitrogens with two attached hydrogens (primary N) is 2. The zero-order valence-corrected chi connectivity index (χ0v) is 11.7. The van der Waals surface area contributed by atoms with E-state index in [1.54, 1.807) is 18.2 Å². The number of hydrogen-bond acceptors (Lipinski definition) is 6. The predicted octanol–water partition coefficient (Wildman–Crippen LogP) is 1.03. The standard InChI is InChI=1S/C16H15N3O3/c17-9-4-5-10(18)14-13(9)15(21)8-2-1-3-11(19-6-7-20)12(8)16(14)22/h1-5,19-20H,6-7,17-18H2. The van der Waals surface area contributed by atoms with Gasteiger partial charge < -0.3 is 21.9 Å². The first-order valence-corrected chi connectivity index (χ1v) is 6.81. The third kappa shape index (κ3) is 1.93. The van der Waals surface area contributed by atoms with Crippen LogP contribution in [-0.2, 0) is 0 Å². The zero-order valence-electron chi connectivity index (χ0n) is 11.7. The molecule has 0 saturated carbocycles. The molecule has 0 radical (unpaired) electrons. The first kappa shape index (κ1) is 14.1. The molecule has 22 heavy (non-hydrogen) atoms. The van der Waals surface area contributed by atoms with Crippen LogP contribution in [0.5, 0.6) is 0 Å². The summed E-state index contributed by atoms with van der Waals surface area (Å²) in [5, 5.41) is 11.9. The lowest BCUT2D eigenvalue weighted by Crippen LogP contribution is -2.25. The largest absolute Gasteiger partial charge is 0.398 e. The smallest absolute Gasteiger partial charge is 0.198 e. The van der Waals surface area contributed by atoms with E-state index < -0.39 is 0 Å². The van der Waals surface area contributed by atoms with Crippen molar-refractivity contribution >= 4 is 28.6 Å². The van der Waals surface area contributed by atoms with E-state index in [1.807, 2.05) is 0 Å². The van der Waals surface area contributed by atoms with Gasteiger partial charge in [0.25, 0.3) is 0 Å². The van der Waals surface area contributed by atoms with Gasteiger partial charge in [-0.25, -0.2) is 0 Å². The van der Waals surface area contributed by atoms with Crippen LogP contribution in [0.3, 0.4) is 0 Å². The molecular formula is C16H15N3O3. The van der Waals surface area contributed by atoms with Crippen molar-refractivity contribution in [1.29, 1.82) is 0 Å². The minimum absolute atomic E-state index is 0.0858. The number of aliphatic hydroxyl groups excluding tert-OH is 1. The van der Waals surface area contributed by atoms with Crippen LogP contribution in [0.2, 0.25) is 0 Å². The van der Waals surface area contributed by atoms with Crippen LogP contribution >= 0.6 is 0 Å². The van der Waals surface area contributed by atoms with Gasteiger partial charge in [-0.15, -0.1) is 0 Å². The van der Waals surface area contributed by atoms with Gasteiger partial charge in [0.1, 0.15) is 0 Å². The summed E-state index contributed by atoms with van der Waals surface area (Å²) in [6.45, 7) is 0.189. The van der Waals surface area contributed by atoms with Crippen LogP contribution in [-0.4, -0.2) is 29.8 Å². The van der Waals surface area contributed by atoms with E-state index in [2.05, 4.69) is 5.32 Å². The molecule has 0 heterocycles. The summed E-state index contributed by atoms with van der Waals surface area (Å²) in [4.78, 5) is 25.5. The summed E-state index contributed by atoms with van der Waals surface area (Å²) in [5.41, 5.74) is 13.6. The van der Waals surface area contributed by atoms with Gasteiger partial charge >= 0.3 is 0 Å². The highest BCUT2D eigenvalue weighted by Crippen LogP contribution is 2.36. The normalized spacial score (nSPS) is 12.8. The number of nitrogens with one attached hydrogen (secondary N) is 1. The second-order valence-electron chi connectivity index (χ2n) is 5.03. The molecule has 0 atom stereocenters. The van der Waals surface area contributed by atoms with Crippen molar-refractivity contribution in [1.82, 2.24) is 0 Å². The Hall–Kier alpha value is -2.86. The average Bonchev–Trinajstić information content (AvgIpc) is 2.52. The Morgan fingerprint density at radius 3 is 2.18 bits per heavy atom. The Morgan fingerprint density at radius 2 is 1.55 bits per heavy atom. The molecule has 0 unspecified atom stereocenters. The number of aliphatic hydroxyl groups is 1. The quantitative estimate of drug-likeness (QED) is 0.536. The number of fused-ring (bicyclic) bond motifs is 2. The number of rotatable bonds is 3. The lowest BCUT2D eigenvalue weighted by molar-refractivity contribution is 0.0981. The zero-order chi connectivity index (χ0) is 15.9. The van der Waals surface area contributed by atoms with Crippen molar-refractivity contribution in [2.45, 2.75) is 0 Å². The van der Waals surface area contributed by atoms with E-state index in [0.29, 0.717) is 5.69 Å². The first-order chi connectivity index (χ1) is 10.6. The van der Waals surface area contributed by atoms with Gasteiger partial charge in [-0.3, -0.25) is 9.59 Å². The monoisotopic (exact) mass is 297 g/mol. The maximum absolute atomic E-state index is 12.8. The molecule has 3 rings (SSSR count). The Morgan fingerprint density at radius 1 is 0.909 bits per heavy atom. The Bertz CT molecular complexity index is 799. The summed E-state index contributed by atoms with van der Waals surface area (Å²) in [6, 6.07) is 8.00. The molecule has 0 fully saturated rings. The maximum atomic E-state index is 12.8. The predicted molar refractivity (Wildman–Crippen MR) is 84.1 cm³/mol. The minimum Gasteiger partial charge on any atom is -0.398 e. The fourth-order valence-corrected chi connectivity index (χ4v) is 2.71. The van der Waals surface area contributed by atoms with E-state index in [4.69, 9.17) is 16.6 Å². The molecule has 0 bridgehead atoms. The Balaban J connectivity index is 2.25. The minimum atomic E-state index is -0.338. The molecule has 0 aromatic heterocycles. The SMILES string of the molecule is Nc1ccc(N)c2c1C(=O)c1cccc(NCCO)c1C2=O. The summed E-state index contributed by atoms with van der Waals surface area (Å²) in [5.74, 6) is -0.655. The van der Waals surface area contributed by atoms with Crippen molar-refractivity contribution in [3.8, 4) is 0 Å². The van der Waals surface area contributed by atoms with Gasteiger partial charge in [-0.05, 0) is 18.2 Å². The van der Waals surface area contributed by atoms with Crippen LogP contribution in [0.1, 0.15) is 31.8 Å². The molecule has 6 heteroatoms. The lowest BCUT2D eigenvalue weighted by atomic mass is 9.81. The second kappa shape index (κ2) is 5.16. The summed E-state index contributed by atoms with van der Waals surface area (Å²) in [7, 11) is 0. The highest BCUT2D eigenvalue weighted by atomic mass is 16.3. The van der Waals surface area contributed by atoms with E-state index in [0.717, 1.165) is 0 Å². The van der Waals surface area contributed by atoms with E-state index in [-0.39, 0.29) is 58.3 Å². The molecule has 0 aliphatic heterocycles. The molecule has 1 aliphatic rings. The molecule has 2 aromatic rings. The van der Waals surface area contributed by atoms with Crippen molar-refractivity contribution in [3.05, 3.63) is 52.6 Å². The van der Waals surface area contributed by atoms with Crippen LogP contribution in [0, 0.1) is 0 Å². The van der Waals surface area contributed by atoms with E-state index in [9.17, 15) is 9.59 Å². The fraction of sp³-hybridized carbons (Fsp3) is 0.125. The molecule has 0 saturated heterocycles. The molecule has 0 amide bonds. The summed E-state index contributed by atoms with van der Waals surface area (Å²) < 4.78 is 0. The van der Waals surface area contributed by atoms with Gasteiger partial charge in [0, 0.05) is 29.2 Å². The van der Waals surface area contributed by atoms with Crippen molar-refractivity contribution in [2.75, 3.05) is 29.9 Å². The van der Waals surface area contributed by atoms with Crippen LogP contribution < -0.4 is 16.8 Å². The van der Waals surface area contributed by atoms with E-state index >= 15 is 0 Å². The van der Waals surface area contributed by atoms with Gasteiger partial charge in [0.05, 0.1) is 23.3 Å². The summed E-state index contributed by atoms with van der Waals surface area (Å²) >= 11 is 0. The Labute approximate surface area is 126 Å². The van der Waals surface area contributed by atoms with Gasteiger partial charge in [0.2, 0.25) is 0 Å². The highest BCUT2D eigenvalue weighted by molar-refractivity contribution is 6.33. The van der Waals surface area contributed by atoms with Crippen molar-refractivity contribution in [2.24, 2.45) is 0 Å². The number of carbonyl (C=O) groups excluding carboxylic acids is 2. The number of benzene rings is 2. The van der Waals surface area contributed by atoms with E-state index in [1.165, 1.54) is 12.1 Å². The van der Waals surface area contributed by atoms with Crippen molar-refractivity contribution in [3.63, 3.8) is 0 Å². The molecule has 1 aliphatic carbocycles. The third-order valence-corrected chi connectivity index (χ3v) is 3.69. The number of anilines is 3. The molecule has 6 N–H and O–H groups in total. The first-order valence-electron chi connectivity index (χ1n) is 6.81. The lowest BCUT2D eigenvalue weighted by Gasteiger charge is -2.22. The Kier molecular flexibility index (Phi) is 3.30. The average molecular weight is 297 g/mol. The molecule has 2 aromatic carbocycles. The van der Waals surface area contributed by atoms with Crippen LogP contribution in [0.4, 0.5) is 17.1 Å². The van der Waals surface area contributed by atoms with Gasteiger partial charge in [-0.1, -0.05) is 12.1 Å². The fourth-order valence-electron chi connectivity index (χ4n) is 2.71. The van der Waals surface area contributed by atoms with Gasteiger partial charge in [-0.2, -0.15) is 0 Å². The number of hydrogen-bond donors (Lipinski definition) is 4. The summed E-state index contributed by atoms with van der Waals surface area (Å²) in [6.07, 6.45) is 0. The third-order valence-electron chi connectivity index (χ3n) is 3.69. The molecule has 112 valence electrons. The topological polar surface area (TPSA) is 118 Å². The number of ketones is 2. The molecule has 6 nitrogen and oxygen atoms in total. The molecular weight excluding hydrogens is 282 g/mol. The maximum Gasteiger partial charge on any atom is 0.198 e. The highest BCUT2D eigenvalue weighted by Gasteiger charge is 2.34.